The lowest BCUT2D eigenvalue weighted by Gasteiger charge is -2.17. The van der Waals surface area contributed by atoms with E-state index in [-0.39, 0.29) is 6.03 Å². The maximum Gasteiger partial charge on any atom is 0.342 e. The summed E-state index contributed by atoms with van der Waals surface area (Å²) in [6, 6.07) is 9.05. The number of carbonyl (C=O) groups excluding carboxylic acids is 1. The molecule has 82 valence electrons. The lowest BCUT2D eigenvalue weighted by molar-refractivity contribution is 0.255. The van der Waals surface area contributed by atoms with Crippen molar-refractivity contribution in [2.45, 2.75) is 0 Å². The Morgan fingerprint density at radius 1 is 1.38 bits per heavy atom. The van der Waals surface area contributed by atoms with Gasteiger partial charge in [-0.05, 0) is 17.3 Å². The van der Waals surface area contributed by atoms with E-state index in [0.29, 0.717) is 0 Å². The highest BCUT2D eigenvalue weighted by atomic mass is 16.2. The number of amides is 2. The molecule has 0 aliphatic heterocycles. The van der Waals surface area contributed by atoms with Gasteiger partial charge >= 0.3 is 6.03 Å². The monoisotopic (exact) mass is 217 g/mol. The van der Waals surface area contributed by atoms with E-state index in [9.17, 15) is 4.79 Å². The molecule has 6 heteroatoms. The summed E-state index contributed by atoms with van der Waals surface area (Å²) < 4.78 is 0. The van der Waals surface area contributed by atoms with Gasteiger partial charge in [0.25, 0.3) is 0 Å². The van der Waals surface area contributed by atoms with Gasteiger partial charge in [-0.15, -0.1) is 5.10 Å². The van der Waals surface area contributed by atoms with Gasteiger partial charge in [0.15, 0.2) is 0 Å². The van der Waals surface area contributed by atoms with Crippen LogP contribution < -0.4 is 10.3 Å². The van der Waals surface area contributed by atoms with Crippen LogP contribution in [0.25, 0.3) is 0 Å². The molecule has 2 rings (SSSR count). The summed E-state index contributed by atoms with van der Waals surface area (Å²) >= 11 is 0. The van der Waals surface area contributed by atoms with Crippen molar-refractivity contribution in [1.29, 1.82) is 0 Å². The minimum absolute atomic E-state index is 0.281. The fraction of sp³-hybridized carbons (Fsp3) is 0.100. The van der Waals surface area contributed by atoms with E-state index in [1.165, 1.54) is 15.9 Å². The predicted octanol–water partition coefficient (Wildman–Crippen LogP) is 1.08. The topological polar surface area (TPSA) is 63.1 Å². The number of urea groups is 1. The summed E-state index contributed by atoms with van der Waals surface area (Å²) in [5.41, 5.74) is 3.36. The van der Waals surface area contributed by atoms with Gasteiger partial charge in [0.05, 0.1) is 12.4 Å². The van der Waals surface area contributed by atoms with Crippen LogP contribution in [0.2, 0.25) is 0 Å². The minimum Gasteiger partial charge on any atom is -0.296 e. The summed E-state index contributed by atoms with van der Waals surface area (Å²) in [5.74, 6) is 0. The van der Waals surface area contributed by atoms with Gasteiger partial charge in [-0.3, -0.25) is 4.90 Å². The Morgan fingerprint density at radius 2 is 2.12 bits per heavy atom. The van der Waals surface area contributed by atoms with Crippen LogP contribution in [0.1, 0.15) is 0 Å². The number of hydrogen-bond acceptors (Lipinski definition) is 3. The van der Waals surface area contributed by atoms with Crippen molar-refractivity contribution < 1.29 is 4.79 Å². The van der Waals surface area contributed by atoms with Gasteiger partial charge in [-0.25, -0.2) is 10.2 Å². The molecule has 1 aromatic heterocycles. The van der Waals surface area contributed by atoms with Crippen molar-refractivity contribution in [2.75, 3.05) is 17.4 Å². The van der Waals surface area contributed by atoms with Crippen molar-refractivity contribution in [3.8, 4) is 0 Å². The molecule has 2 aromatic rings. The highest BCUT2D eigenvalue weighted by Gasteiger charge is 2.10. The van der Waals surface area contributed by atoms with Crippen molar-refractivity contribution in [3.05, 3.63) is 42.7 Å². The van der Waals surface area contributed by atoms with Crippen molar-refractivity contribution in [2.24, 2.45) is 0 Å². The lowest BCUT2D eigenvalue weighted by atomic mass is 10.3. The summed E-state index contributed by atoms with van der Waals surface area (Å²) in [4.78, 5) is 14.5. The van der Waals surface area contributed by atoms with Crippen LogP contribution in [0.5, 0.6) is 0 Å². The molecule has 0 fully saturated rings. The standard InChI is InChI=1S/C10H11N5O/c1-14(9-5-3-2-4-6-9)10(16)12-15-8-7-11-13-15/h2-8H,1H3,(H,12,16). The first-order valence-corrected chi connectivity index (χ1v) is 4.73. The third kappa shape index (κ3) is 2.17. The first kappa shape index (κ1) is 10.2. The Morgan fingerprint density at radius 3 is 2.75 bits per heavy atom. The second-order valence-corrected chi connectivity index (χ2v) is 3.16. The van der Waals surface area contributed by atoms with E-state index in [2.05, 4.69) is 15.7 Å². The number of hydrogen-bond donors (Lipinski definition) is 1. The summed E-state index contributed by atoms with van der Waals surface area (Å²) in [6.45, 7) is 0. The number of nitrogens with one attached hydrogen (secondary N) is 1. The first-order chi connectivity index (χ1) is 7.77. The maximum absolute atomic E-state index is 11.7. The Hall–Kier alpha value is -2.37. The van der Waals surface area contributed by atoms with Gasteiger partial charge < -0.3 is 0 Å². The lowest BCUT2D eigenvalue weighted by Crippen LogP contribution is -2.36. The van der Waals surface area contributed by atoms with E-state index < -0.39 is 0 Å². The van der Waals surface area contributed by atoms with E-state index >= 15 is 0 Å². The number of aromatic nitrogens is 3. The molecular formula is C10H11N5O. The average molecular weight is 217 g/mol. The minimum atomic E-state index is -0.281. The quantitative estimate of drug-likeness (QED) is 0.818. The summed E-state index contributed by atoms with van der Waals surface area (Å²) in [5, 5.41) is 7.23. The number of para-hydroxylation sites is 1. The van der Waals surface area contributed by atoms with Gasteiger partial charge in [-0.1, -0.05) is 18.2 Å². The zero-order chi connectivity index (χ0) is 11.4. The van der Waals surface area contributed by atoms with Crippen molar-refractivity contribution in [3.63, 3.8) is 0 Å². The van der Waals surface area contributed by atoms with Crippen LogP contribution in [-0.4, -0.2) is 28.2 Å². The number of rotatable bonds is 2. The summed E-state index contributed by atoms with van der Waals surface area (Å²) in [6.07, 6.45) is 3.04. The van der Waals surface area contributed by atoms with Crippen molar-refractivity contribution >= 4 is 11.7 Å². The molecule has 0 saturated heterocycles. The molecule has 0 radical (unpaired) electrons. The normalized spacial score (nSPS) is 9.81. The number of benzene rings is 1. The molecule has 2 amide bonds. The smallest absolute Gasteiger partial charge is 0.296 e. The molecular weight excluding hydrogens is 206 g/mol. The van der Waals surface area contributed by atoms with E-state index in [0.717, 1.165) is 5.69 Å². The first-order valence-electron chi connectivity index (χ1n) is 4.73. The van der Waals surface area contributed by atoms with Crippen LogP contribution in [-0.2, 0) is 0 Å². The zero-order valence-corrected chi connectivity index (χ0v) is 8.74. The van der Waals surface area contributed by atoms with Crippen LogP contribution in [0.4, 0.5) is 10.5 Å². The number of carbonyl (C=O) groups is 1. The molecule has 0 atom stereocenters. The van der Waals surface area contributed by atoms with E-state index in [1.54, 1.807) is 13.2 Å². The van der Waals surface area contributed by atoms with Gasteiger partial charge in [0.2, 0.25) is 0 Å². The molecule has 0 aliphatic carbocycles. The Bertz CT molecular complexity index is 453. The molecule has 0 aliphatic rings. The van der Waals surface area contributed by atoms with Gasteiger partial charge in [0.1, 0.15) is 0 Å². The zero-order valence-electron chi connectivity index (χ0n) is 8.74. The molecule has 1 N–H and O–H groups in total. The largest absolute Gasteiger partial charge is 0.342 e. The predicted molar refractivity (Wildman–Crippen MR) is 59.6 cm³/mol. The van der Waals surface area contributed by atoms with Crippen LogP contribution in [0.3, 0.4) is 0 Å². The second kappa shape index (κ2) is 4.43. The molecule has 0 unspecified atom stereocenters. The van der Waals surface area contributed by atoms with E-state index in [4.69, 9.17) is 0 Å². The van der Waals surface area contributed by atoms with Crippen LogP contribution >= 0.6 is 0 Å². The average Bonchev–Trinajstić information content (AvgIpc) is 2.82. The molecule has 0 bridgehead atoms. The number of anilines is 1. The molecule has 0 spiro atoms. The highest BCUT2D eigenvalue weighted by Crippen LogP contribution is 2.10. The SMILES string of the molecule is CN(C(=O)Nn1ccnn1)c1ccccc1. The van der Waals surface area contributed by atoms with Gasteiger partial charge in [-0.2, -0.15) is 4.79 Å². The molecule has 1 aromatic carbocycles. The highest BCUT2D eigenvalue weighted by molar-refractivity contribution is 5.96. The Balaban J connectivity index is 2.05. The van der Waals surface area contributed by atoms with Crippen molar-refractivity contribution in [1.82, 2.24) is 15.1 Å². The van der Waals surface area contributed by atoms with Crippen LogP contribution in [0, 0.1) is 0 Å². The Kier molecular flexibility index (Phi) is 2.81. The van der Waals surface area contributed by atoms with Crippen LogP contribution in [0.15, 0.2) is 42.7 Å². The third-order valence-electron chi connectivity index (χ3n) is 2.08. The van der Waals surface area contributed by atoms with Gasteiger partial charge in [0, 0.05) is 12.7 Å². The molecule has 0 saturated carbocycles. The summed E-state index contributed by atoms with van der Waals surface area (Å²) in [7, 11) is 1.68. The number of nitrogens with zero attached hydrogens (tertiary/aromatic N) is 4. The molecule has 16 heavy (non-hydrogen) atoms. The fourth-order valence-corrected chi connectivity index (χ4v) is 1.21. The maximum atomic E-state index is 11.7. The molecule has 1 heterocycles. The fourth-order valence-electron chi connectivity index (χ4n) is 1.21. The molecule has 6 nitrogen and oxygen atoms in total. The third-order valence-corrected chi connectivity index (χ3v) is 2.08. The van der Waals surface area contributed by atoms with E-state index in [1.807, 2.05) is 30.3 Å². The Labute approximate surface area is 92.5 Å². The second-order valence-electron chi connectivity index (χ2n) is 3.16.